The Bertz CT molecular complexity index is 444. The molecule has 3 rings (SSSR count). The Morgan fingerprint density at radius 1 is 1.22 bits per heavy atom. The zero-order chi connectivity index (χ0) is 12.5. The average Bonchev–Trinajstić information content (AvgIpc) is 3.20. The number of nitrogens with two attached hydrogens (primary N) is 1. The van der Waals surface area contributed by atoms with Gasteiger partial charge in [0.25, 0.3) is 0 Å². The molecule has 98 valence electrons. The molecule has 2 N–H and O–H groups in total. The van der Waals surface area contributed by atoms with E-state index in [0.717, 1.165) is 41.9 Å². The second-order valence-corrected chi connectivity index (χ2v) is 4.99. The predicted molar refractivity (Wildman–Crippen MR) is 71.0 cm³/mol. The van der Waals surface area contributed by atoms with Crippen molar-refractivity contribution in [2.45, 2.75) is 32.4 Å². The molecule has 1 aromatic rings. The molecule has 0 saturated heterocycles. The molecule has 0 spiro atoms. The summed E-state index contributed by atoms with van der Waals surface area (Å²) in [4.78, 5) is 2.47. The van der Waals surface area contributed by atoms with Gasteiger partial charge in [0, 0.05) is 24.3 Å². The third kappa shape index (κ3) is 2.25. The van der Waals surface area contributed by atoms with E-state index in [2.05, 4.69) is 11.8 Å². The molecule has 1 saturated carbocycles. The summed E-state index contributed by atoms with van der Waals surface area (Å²) >= 11 is 0. The number of anilines is 1. The number of hydrogen-bond donors (Lipinski definition) is 1. The van der Waals surface area contributed by atoms with Gasteiger partial charge >= 0.3 is 0 Å². The molecular weight excluding hydrogens is 228 g/mol. The summed E-state index contributed by atoms with van der Waals surface area (Å²) in [5.74, 6) is 1.61. The van der Waals surface area contributed by atoms with Crippen molar-refractivity contribution in [3.63, 3.8) is 0 Å². The lowest BCUT2D eigenvalue weighted by atomic mass is 10.1. The summed E-state index contributed by atoms with van der Waals surface area (Å²) in [5, 5.41) is 0. The second kappa shape index (κ2) is 4.69. The molecule has 0 amide bonds. The summed E-state index contributed by atoms with van der Waals surface area (Å²) in [6.07, 6.45) is 2.64. The van der Waals surface area contributed by atoms with Crippen molar-refractivity contribution < 1.29 is 9.47 Å². The lowest BCUT2D eigenvalue weighted by Gasteiger charge is -2.24. The molecule has 0 bridgehead atoms. The minimum Gasteiger partial charge on any atom is -0.486 e. The van der Waals surface area contributed by atoms with E-state index in [1.54, 1.807) is 0 Å². The molecular formula is C14H20N2O2. The van der Waals surface area contributed by atoms with E-state index >= 15 is 0 Å². The molecule has 0 aromatic heterocycles. The van der Waals surface area contributed by atoms with Gasteiger partial charge in [0.1, 0.15) is 13.2 Å². The number of benzene rings is 1. The number of nitrogens with zero attached hydrogens (tertiary/aromatic N) is 1. The van der Waals surface area contributed by atoms with Gasteiger partial charge < -0.3 is 15.2 Å². The lowest BCUT2D eigenvalue weighted by Crippen LogP contribution is -2.25. The minimum atomic E-state index is 0.606. The summed E-state index contributed by atoms with van der Waals surface area (Å²) in [7, 11) is 0. The predicted octanol–water partition coefficient (Wildman–Crippen LogP) is 2.02. The third-order valence-corrected chi connectivity index (χ3v) is 3.65. The Kier molecular flexibility index (Phi) is 3.04. The maximum absolute atomic E-state index is 6.11. The van der Waals surface area contributed by atoms with Gasteiger partial charge in [0.15, 0.2) is 11.5 Å². The first-order chi connectivity index (χ1) is 8.78. The third-order valence-electron chi connectivity index (χ3n) is 3.65. The van der Waals surface area contributed by atoms with Crippen LogP contribution >= 0.6 is 0 Å². The number of fused-ring (bicyclic) bond motifs is 1. The van der Waals surface area contributed by atoms with Crippen LogP contribution in [0.5, 0.6) is 11.5 Å². The smallest absolute Gasteiger partial charge is 0.163 e. The summed E-state index contributed by atoms with van der Waals surface area (Å²) < 4.78 is 11.1. The number of ether oxygens (including phenoxy) is 2. The van der Waals surface area contributed by atoms with Crippen molar-refractivity contribution in [1.29, 1.82) is 0 Å². The highest BCUT2D eigenvalue weighted by molar-refractivity contribution is 5.58. The topological polar surface area (TPSA) is 47.7 Å². The fourth-order valence-electron chi connectivity index (χ4n) is 2.44. The van der Waals surface area contributed by atoms with E-state index in [9.17, 15) is 0 Å². The summed E-state index contributed by atoms with van der Waals surface area (Å²) in [6, 6.07) is 4.68. The highest BCUT2D eigenvalue weighted by Gasteiger charge is 2.28. The van der Waals surface area contributed by atoms with Gasteiger partial charge in [-0.15, -0.1) is 0 Å². The zero-order valence-corrected chi connectivity index (χ0v) is 10.8. The van der Waals surface area contributed by atoms with Crippen molar-refractivity contribution in [3.8, 4) is 11.5 Å². The monoisotopic (exact) mass is 248 g/mol. The van der Waals surface area contributed by atoms with Crippen molar-refractivity contribution in [1.82, 2.24) is 4.90 Å². The van der Waals surface area contributed by atoms with Crippen LogP contribution in [0.2, 0.25) is 0 Å². The van der Waals surface area contributed by atoms with E-state index in [-0.39, 0.29) is 0 Å². The molecule has 1 aliphatic carbocycles. The van der Waals surface area contributed by atoms with Crippen LogP contribution in [0.25, 0.3) is 0 Å². The van der Waals surface area contributed by atoms with Crippen LogP contribution in [-0.4, -0.2) is 30.7 Å². The maximum atomic E-state index is 6.11. The molecule has 18 heavy (non-hydrogen) atoms. The van der Waals surface area contributed by atoms with E-state index in [0.29, 0.717) is 13.2 Å². The fraction of sp³-hybridized carbons (Fsp3) is 0.571. The van der Waals surface area contributed by atoms with E-state index in [4.69, 9.17) is 15.2 Å². The molecule has 2 aliphatic rings. The van der Waals surface area contributed by atoms with Crippen LogP contribution in [0.15, 0.2) is 12.1 Å². The normalized spacial score (nSPS) is 18.1. The van der Waals surface area contributed by atoms with E-state index in [1.807, 2.05) is 12.1 Å². The Morgan fingerprint density at radius 2 is 1.89 bits per heavy atom. The van der Waals surface area contributed by atoms with Gasteiger partial charge in [0.05, 0.1) is 0 Å². The Labute approximate surface area is 108 Å². The van der Waals surface area contributed by atoms with Gasteiger partial charge in [0.2, 0.25) is 0 Å². The highest BCUT2D eigenvalue weighted by atomic mass is 16.6. The van der Waals surface area contributed by atoms with Crippen molar-refractivity contribution >= 4 is 5.69 Å². The fourth-order valence-corrected chi connectivity index (χ4v) is 2.44. The maximum Gasteiger partial charge on any atom is 0.163 e. The lowest BCUT2D eigenvalue weighted by molar-refractivity contribution is 0.171. The summed E-state index contributed by atoms with van der Waals surface area (Å²) in [6.45, 7) is 5.40. The SMILES string of the molecule is CCN(Cc1cc2c(cc1N)OCCO2)C1CC1. The number of hydrogen-bond acceptors (Lipinski definition) is 4. The molecule has 0 unspecified atom stereocenters. The standard InChI is InChI=1S/C14H20N2O2/c1-2-16(11-3-4-11)9-10-7-13-14(8-12(10)15)18-6-5-17-13/h7-8,11H,2-6,9,15H2,1H3. The van der Waals surface area contributed by atoms with Crippen LogP contribution in [0.1, 0.15) is 25.3 Å². The molecule has 1 fully saturated rings. The molecule has 4 nitrogen and oxygen atoms in total. The van der Waals surface area contributed by atoms with Gasteiger partial charge in [-0.2, -0.15) is 0 Å². The zero-order valence-electron chi connectivity index (χ0n) is 10.8. The van der Waals surface area contributed by atoms with Crippen molar-refractivity contribution in [3.05, 3.63) is 17.7 Å². The number of rotatable bonds is 4. The van der Waals surface area contributed by atoms with Gasteiger partial charge in [-0.1, -0.05) is 6.92 Å². The molecule has 1 aromatic carbocycles. The summed E-state index contributed by atoms with van der Waals surface area (Å²) in [5.41, 5.74) is 8.06. The Hall–Kier alpha value is -1.42. The molecule has 0 radical (unpaired) electrons. The number of nitrogen functional groups attached to an aromatic ring is 1. The van der Waals surface area contributed by atoms with Crippen LogP contribution < -0.4 is 15.2 Å². The average molecular weight is 248 g/mol. The highest BCUT2D eigenvalue weighted by Crippen LogP contribution is 2.36. The minimum absolute atomic E-state index is 0.606. The first-order valence-corrected chi connectivity index (χ1v) is 6.70. The Balaban J connectivity index is 1.82. The van der Waals surface area contributed by atoms with Crippen LogP contribution in [0, 0.1) is 0 Å². The quantitative estimate of drug-likeness (QED) is 0.828. The Morgan fingerprint density at radius 3 is 2.50 bits per heavy atom. The second-order valence-electron chi connectivity index (χ2n) is 4.99. The molecule has 1 heterocycles. The van der Waals surface area contributed by atoms with Gasteiger partial charge in [-0.05, 0) is 31.0 Å². The van der Waals surface area contributed by atoms with Gasteiger partial charge in [-0.3, -0.25) is 4.90 Å². The van der Waals surface area contributed by atoms with Crippen LogP contribution in [0.4, 0.5) is 5.69 Å². The van der Waals surface area contributed by atoms with Crippen molar-refractivity contribution in [2.24, 2.45) is 0 Å². The van der Waals surface area contributed by atoms with Crippen molar-refractivity contribution in [2.75, 3.05) is 25.5 Å². The molecule has 0 atom stereocenters. The largest absolute Gasteiger partial charge is 0.486 e. The van der Waals surface area contributed by atoms with Gasteiger partial charge in [-0.25, -0.2) is 0 Å². The first-order valence-electron chi connectivity index (χ1n) is 6.70. The first kappa shape index (κ1) is 11.7. The van der Waals surface area contributed by atoms with Crippen LogP contribution in [0.3, 0.4) is 0 Å². The van der Waals surface area contributed by atoms with E-state index in [1.165, 1.54) is 12.8 Å². The molecule has 4 heteroatoms. The van der Waals surface area contributed by atoms with E-state index < -0.39 is 0 Å². The van der Waals surface area contributed by atoms with Crippen LogP contribution in [-0.2, 0) is 6.54 Å². The molecule has 1 aliphatic heterocycles.